The minimum absolute atomic E-state index is 0.0963. The Morgan fingerprint density at radius 2 is 2.05 bits per heavy atom. The van der Waals surface area contributed by atoms with Crippen LogP contribution in [0.5, 0.6) is 0 Å². The zero-order valence-corrected chi connectivity index (χ0v) is 13.0. The minimum atomic E-state index is -0.479. The van der Waals surface area contributed by atoms with Crippen LogP contribution in [0.15, 0.2) is 0 Å². The Morgan fingerprint density at radius 3 is 2.58 bits per heavy atom. The summed E-state index contributed by atoms with van der Waals surface area (Å²) in [7, 11) is 8.17. The molecule has 19 heavy (non-hydrogen) atoms. The highest BCUT2D eigenvalue weighted by molar-refractivity contribution is 5.81. The average Bonchev–Trinajstić information content (AvgIpc) is 2.82. The van der Waals surface area contributed by atoms with Crippen LogP contribution in [0, 0.1) is 0 Å². The summed E-state index contributed by atoms with van der Waals surface area (Å²) in [5.74, 6) is -0.0963. The number of nitrogens with zero attached hydrogens (tertiary/aromatic N) is 2. The summed E-state index contributed by atoms with van der Waals surface area (Å²) < 4.78 is 5.22. The Balaban J connectivity index is 2.56. The lowest BCUT2D eigenvalue weighted by Crippen LogP contribution is -2.50. The molecule has 1 N–H and O–H groups in total. The number of carbonyl (C=O) groups is 1. The molecule has 0 saturated heterocycles. The van der Waals surface area contributed by atoms with Gasteiger partial charge in [0, 0.05) is 19.1 Å². The van der Waals surface area contributed by atoms with Gasteiger partial charge in [-0.25, -0.2) is 0 Å². The lowest BCUT2D eigenvalue weighted by atomic mass is 9.97. The molecule has 0 radical (unpaired) electrons. The largest absolute Gasteiger partial charge is 0.465 e. The van der Waals surface area contributed by atoms with Crippen molar-refractivity contribution in [1.29, 1.82) is 0 Å². The fraction of sp³-hybridized carbons (Fsp3) is 0.929. The first-order valence-electron chi connectivity index (χ1n) is 7.16. The van der Waals surface area contributed by atoms with Crippen LogP contribution in [0.25, 0.3) is 0 Å². The van der Waals surface area contributed by atoms with Crippen molar-refractivity contribution in [2.45, 2.75) is 37.8 Å². The molecule has 1 rings (SSSR count). The van der Waals surface area contributed by atoms with Gasteiger partial charge in [0.15, 0.2) is 0 Å². The predicted molar refractivity (Wildman–Crippen MR) is 77.2 cm³/mol. The van der Waals surface area contributed by atoms with Gasteiger partial charge in [-0.2, -0.15) is 0 Å². The van der Waals surface area contributed by atoms with Crippen molar-refractivity contribution in [1.82, 2.24) is 15.1 Å². The number of rotatable bonds is 7. The van der Waals surface area contributed by atoms with E-state index < -0.39 is 5.54 Å². The van der Waals surface area contributed by atoms with Crippen LogP contribution in [0.2, 0.25) is 0 Å². The van der Waals surface area contributed by atoms with Crippen LogP contribution in [0.3, 0.4) is 0 Å². The number of carbonyl (C=O) groups excluding carboxylic acids is 1. The first kappa shape index (κ1) is 16.4. The van der Waals surface area contributed by atoms with Gasteiger partial charge in [-0.1, -0.05) is 0 Å². The van der Waals surface area contributed by atoms with Crippen LogP contribution in [-0.2, 0) is 9.53 Å². The molecule has 0 amide bonds. The van der Waals surface area contributed by atoms with Crippen molar-refractivity contribution in [3.63, 3.8) is 0 Å². The fourth-order valence-electron chi connectivity index (χ4n) is 2.72. The topological polar surface area (TPSA) is 44.8 Å². The van der Waals surface area contributed by atoms with E-state index in [1.165, 1.54) is 0 Å². The van der Waals surface area contributed by atoms with Gasteiger partial charge >= 0.3 is 5.97 Å². The van der Waals surface area contributed by atoms with Gasteiger partial charge in [0.25, 0.3) is 0 Å². The number of hydrogen-bond acceptors (Lipinski definition) is 5. The lowest BCUT2D eigenvalue weighted by Gasteiger charge is -2.29. The first-order valence-corrected chi connectivity index (χ1v) is 7.16. The van der Waals surface area contributed by atoms with E-state index in [4.69, 9.17) is 4.74 Å². The molecule has 2 unspecified atom stereocenters. The van der Waals surface area contributed by atoms with Crippen molar-refractivity contribution in [2.24, 2.45) is 0 Å². The summed E-state index contributed by atoms with van der Waals surface area (Å²) in [6.45, 7) is 4.37. The Kier molecular flexibility index (Phi) is 6.23. The highest BCUT2D eigenvalue weighted by Crippen LogP contribution is 2.33. The highest BCUT2D eigenvalue weighted by Gasteiger charge is 2.46. The first-order chi connectivity index (χ1) is 8.95. The van der Waals surface area contributed by atoms with E-state index in [2.05, 4.69) is 36.3 Å². The van der Waals surface area contributed by atoms with Gasteiger partial charge in [-0.3, -0.25) is 4.79 Å². The van der Waals surface area contributed by atoms with Crippen LogP contribution in [-0.4, -0.2) is 75.2 Å². The SMILES string of the molecule is CCOC(=O)C1(NC)CCC(N(C)CCN(C)C)C1. The third-order valence-corrected chi connectivity index (χ3v) is 4.16. The molecule has 1 aliphatic rings. The summed E-state index contributed by atoms with van der Waals surface area (Å²) in [5, 5.41) is 3.20. The number of nitrogens with one attached hydrogen (secondary N) is 1. The van der Waals surface area contributed by atoms with Gasteiger partial charge in [-0.05, 0) is 54.4 Å². The lowest BCUT2D eigenvalue weighted by molar-refractivity contribution is -0.151. The smallest absolute Gasteiger partial charge is 0.326 e. The van der Waals surface area contributed by atoms with Crippen molar-refractivity contribution in [2.75, 3.05) is 47.9 Å². The van der Waals surface area contributed by atoms with Crippen molar-refractivity contribution in [3.8, 4) is 0 Å². The van der Waals surface area contributed by atoms with Gasteiger partial charge in [0.05, 0.1) is 6.61 Å². The fourth-order valence-corrected chi connectivity index (χ4v) is 2.72. The zero-order chi connectivity index (χ0) is 14.5. The zero-order valence-electron chi connectivity index (χ0n) is 13.0. The maximum Gasteiger partial charge on any atom is 0.326 e. The molecule has 0 heterocycles. The quantitative estimate of drug-likeness (QED) is 0.685. The molecule has 0 spiro atoms. The molecule has 0 aromatic heterocycles. The maximum absolute atomic E-state index is 12.1. The van der Waals surface area contributed by atoms with E-state index in [1.807, 2.05) is 14.0 Å². The van der Waals surface area contributed by atoms with Crippen LogP contribution in [0.1, 0.15) is 26.2 Å². The summed E-state index contributed by atoms with van der Waals surface area (Å²) in [5.41, 5.74) is -0.479. The Bertz CT molecular complexity index is 296. The highest BCUT2D eigenvalue weighted by atomic mass is 16.5. The van der Waals surface area contributed by atoms with E-state index in [0.29, 0.717) is 12.6 Å². The predicted octanol–water partition coefficient (Wildman–Crippen LogP) is 0.554. The molecule has 1 saturated carbocycles. The molecule has 5 heteroatoms. The molecule has 0 aliphatic heterocycles. The summed E-state index contributed by atoms with van der Waals surface area (Å²) in [4.78, 5) is 16.7. The Labute approximate surface area is 117 Å². The van der Waals surface area contributed by atoms with Gasteiger partial charge < -0.3 is 19.9 Å². The van der Waals surface area contributed by atoms with Crippen LogP contribution >= 0.6 is 0 Å². The molecule has 2 atom stereocenters. The molecular weight excluding hydrogens is 242 g/mol. The molecule has 1 fully saturated rings. The monoisotopic (exact) mass is 271 g/mol. The summed E-state index contributed by atoms with van der Waals surface area (Å²) in [6.07, 6.45) is 2.75. The third-order valence-electron chi connectivity index (χ3n) is 4.16. The minimum Gasteiger partial charge on any atom is -0.465 e. The second-order valence-corrected chi connectivity index (χ2v) is 5.73. The standard InChI is InChI=1S/C14H29N3O2/c1-6-19-13(18)14(15-2)8-7-12(11-14)17(5)10-9-16(3)4/h12,15H,6-11H2,1-5H3. The molecule has 112 valence electrons. The van der Waals surface area contributed by atoms with Gasteiger partial charge in [-0.15, -0.1) is 0 Å². The Morgan fingerprint density at radius 1 is 1.37 bits per heavy atom. The van der Waals surface area contributed by atoms with Gasteiger partial charge in [0.1, 0.15) is 5.54 Å². The number of esters is 1. The summed E-state index contributed by atoms with van der Waals surface area (Å²) >= 11 is 0. The third kappa shape index (κ3) is 4.16. The molecule has 0 aromatic rings. The summed E-state index contributed by atoms with van der Waals surface area (Å²) in [6, 6.07) is 0.455. The molecule has 5 nitrogen and oxygen atoms in total. The normalized spacial score (nSPS) is 27.2. The number of ether oxygens (including phenoxy) is 1. The van der Waals surface area contributed by atoms with Crippen molar-refractivity contribution < 1.29 is 9.53 Å². The Hall–Kier alpha value is -0.650. The molecule has 1 aliphatic carbocycles. The van der Waals surface area contributed by atoms with E-state index in [9.17, 15) is 4.79 Å². The number of likely N-dealkylation sites (N-methyl/N-ethyl adjacent to an activating group) is 3. The average molecular weight is 271 g/mol. The van der Waals surface area contributed by atoms with E-state index in [0.717, 1.165) is 32.4 Å². The van der Waals surface area contributed by atoms with E-state index in [1.54, 1.807) is 0 Å². The van der Waals surface area contributed by atoms with Gasteiger partial charge in [0.2, 0.25) is 0 Å². The van der Waals surface area contributed by atoms with Crippen LogP contribution < -0.4 is 5.32 Å². The van der Waals surface area contributed by atoms with E-state index >= 15 is 0 Å². The van der Waals surface area contributed by atoms with Crippen molar-refractivity contribution >= 4 is 5.97 Å². The molecule has 0 aromatic carbocycles. The molecule has 0 bridgehead atoms. The molecular formula is C14H29N3O2. The van der Waals surface area contributed by atoms with E-state index in [-0.39, 0.29) is 5.97 Å². The second kappa shape index (κ2) is 7.22. The van der Waals surface area contributed by atoms with Crippen molar-refractivity contribution in [3.05, 3.63) is 0 Å². The van der Waals surface area contributed by atoms with Crippen LogP contribution in [0.4, 0.5) is 0 Å². The maximum atomic E-state index is 12.1. The second-order valence-electron chi connectivity index (χ2n) is 5.73. The number of hydrogen-bond donors (Lipinski definition) is 1.